The summed E-state index contributed by atoms with van der Waals surface area (Å²) < 4.78 is 0. The molecule has 1 N–H and O–H groups in total. The first-order chi connectivity index (χ1) is 22.2. The number of para-hydroxylation sites is 1. The first kappa shape index (κ1) is 34.7. The summed E-state index contributed by atoms with van der Waals surface area (Å²) in [5.41, 5.74) is 6.50. The van der Waals surface area contributed by atoms with Gasteiger partial charge in [0.05, 0.1) is 12.2 Å². The van der Waals surface area contributed by atoms with Crippen LogP contribution in [0, 0.1) is 5.92 Å². The van der Waals surface area contributed by atoms with E-state index >= 15 is 0 Å². The highest BCUT2D eigenvalue weighted by Gasteiger charge is 2.23. The Morgan fingerprint density at radius 1 is 0.848 bits per heavy atom. The van der Waals surface area contributed by atoms with Crippen molar-refractivity contribution in [2.45, 2.75) is 72.4 Å². The fraction of sp³-hybridized carbons (Fsp3) is 0.395. The lowest BCUT2D eigenvalue weighted by molar-refractivity contribution is -0.137. The summed E-state index contributed by atoms with van der Waals surface area (Å²) in [6.45, 7) is 10.7. The van der Waals surface area contributed by atoms with Crippen LogP contribution in [0.1, 0.15) is 75.4 Å². The maximum atomic E-state index is 13.2. The molecule has 1 heterocycles. The number of carboxylic acids is 1. The van der Waals surface area contributed by atoms with Crippen LogP contribution in [0.2, 0.25) is 0 Å². The van der Waals surface area contributed by atoms with Gasteiger partial charge in [-0.2, -0.15) is 0 Å². The van der Waals surface area contributed by atoms with E-state index in [2.05, 4.69) is 81.1 Å². The number of carboxylic acid groups (broad SMARTS) is 1. The fourth-order valence-electron chi connectivity index (χ4n) is 5.84. The maximum Gasteiger partial charge on any atom is 0.325 e. The smallest absolute Gasteiger partial charge is 0.325 e. The number of aromatic nitrogens is 1. The number of hydrogen-bond donors (Lipinski definition) is 1. The molecule has 4 rings (SSSR count). The highest BCUT2D eigenvalue weighted by molar-refractivity contribution is 7.10. The van der Waals surface area contributed by atoms with Crippen LogP contribution in [0.3, 0.4) is 0 Å². The SMILES string of the molecule is CCCC(CCC)c1ccc(N(Cc2ccc(-c3csc(CN(C(=O)N(C)CC(=O)O)c4ccccc4)n3)cc2)CC(C)C)cc1. The van der Waals surface area contributed by atoms with Crippen LogP contribution in [0.25, 0.3) is 11.3 Å². The number of amides is 2. The number of carbonyl (C=O) groups is 2. The van der Waals surface area contributed by atoms with Gasteiger partial charge in [0.15, 0.2) is 0 Å². The van der Waals surface area contributed by atoms with Gasteiger partial charge in [0.1, 0.15) is 11.6 Å². The number of thiazole rings is 1. The number of hydrogen-bond acceptors (Lipinski definition) is 5. The Bertz CT molecular complexity index is 1510. The molecule has 1 aromatic heterocycles. The van der Waals surface area contributed by atoms with E-state index in [1.807, 2.05) is 35.7 Å². The molecule has 0 saturated heterocycles. The molecule has 8 heteroatoms. The van der Waals surface area contributed by atoms with E-state index in [1.54, 1.807) is 4.90 Å². The van der Waals surface area contributed by atoms with Gasteiger partial charge >= 0.3 is 12.0 Å². The molecule has 0 unspecified atom stereocenters. The van der Waals surface area contributed by atoms with E-state index < -0.39 is 12.0 Å². The molecule has 3 aromatic carbocycles. The first-order valence-corrected chi connectivity index (χ1v) is 17.2. The molecule has 0 aliphatic rings. The highest BCUT2D eigenvalue weighted by atomic mass is 32.1. The molecule has 7 nitrogen and oxygen atoms in total. The number of urea groups is 1. The lowest BCUT2D eigenvalue weighted by atomic mass is 9.90. The molecule has 2 amide bonds. The third-order valence-corrected chi connectivity index (χ3v) is 8.89. The van der Waals surface area contributed by atoms with Crippen molar-refractivity contribution >= 4 is 34.7 Å². The van der Waals surface area contributed by atoms with Crippen molar-refractivity contribution in [3.05, 3.63) is 100 Å². The molecule has 0 saturated carbocycles. The van der Waals surface area contributed by atoms with Crippen molar-refractivity contribution in [3.8, 4) is 11.3 Å². The molecular formula is C38H48N4O3S. The van der Waals surface area contributed by atoms with E-state index in [4.69, 9.17) is 4.98 Å². The van der Waals surface area contributed by atoms with Crippen LogP contribution in [0.5, 0.6) is 0 Å². The summed E-state index contributed by atoms with van der Waals surface area (Å²) in [5.74, 6) is 0.116. The molecule has 0 atom stereocenters. The zero-order valence-electron chi connectivity index (χ0n) is 27.9. The predicted octanol–water partition coefficient (Wildman–Crippen LogP) is 9.30. The molecule has 0 aliphatic carbocycles. The maximum absolute atomic E-state index is 13.2. The van der Waals surface area contributed by atoms with Crippen LogP contribution in [-0.4, -0.2) is 47.1 Å². The van der Waals surface area contributed by atoms with Gasteiger partial charge in [0, 0.05) is 42.5 Å². The van der Waals surface area contributed by atoms with E-state index in [0.29, 0.717) is 17.5 Å². The van der Waals surface area contributed by atoms with Gasteiger partial charge < -0.3 is 14.9 Å². The Morgan fingerprint density at radius 2 is 1.50 bits per heavy atom. The van der Waals surface area contributed by atoms with Crippen LogP contribution in [-0.2, 0) is 17.9 Å². The van der Waals surface area contributed by atoms with Crippen molar-refractivity contribution in [2.75, 3.05) is 29.9 Å². The standard InChI is InChI=1S/C38H48N4O3S/c1-6-11-30(12-7-2)31-19-21-33(22-20-31)41(23-28(3)4)24-29-15-17-32(18-16-29)35-27-46-36(39-35)25-42(34-13-9-8-10-14-34)38(45)40(5)26-37(43)44/h8-10,13-22,27-28,30H,6-7,11-12,23-26H2,1-5H3,(H,43,44). The average Bonchev–Trinajstić information content (AvgIpc) is 3.52. The minimum atomic E-state index is -1.06. The zero-order valence-corrected chi connectivity index (χ0v) is 28.7. The van der Waals surface area contributed by atoms with Gasteiger partial charge in [-0.3, -0.25) is 9.69 Å². The number of nitrogens with zero attached hydrogens (tertiary/aromatic N) is 4. The molecule has 0 spiro atoms. The minimum Gasteiger partial charge on any atom is -0.480 e. The van der Waals surface area contributed by atoms with E-state index in [-0.39, 0.29) is 13.1 Å². The van der Waals surface area contributed by atoms with Gasteiger partial charge in [-0.15, -0.1) is 11.3 Å². The second-order valence-electron chi connectivity index (χ2n) is 12.4. The number of anilines is 2. The molecular weight excluding hydrogens is 593 g/mol. The second-order valence-corrected chi connectivity index (χ2v) is 13.4. The van der Waals surface area contributed by atoms with Crippen LogP contribution in [0.4, 0.5) is 16.2 Å². The third-order valence-electron chi connectivity index (χ3n) is 8.06. The van der Waals surface area contributed by atoms with Gasteiger partial charge in [-0.1, -0.05) is 95.1 Å². The van der Waals surface area contributed by atoms with E-state index in [9.17, 15) is 14.7 Å². The quantitative estimate of drug-likeness (QED) is 0.132. The van der Waals surface area contributed by atoms with Crippen molar-refractivity contribution in [3.63, 3.8) is 0 Å². The normalized spacial score (nSPS) is 11.2. The van der Waals surface area contributed by atoms with Crippen LogP contribution >= 0.6 is 11.3 Å². The summed E-state index contributed by atoms with van der Waals surface area (Å²) in [6.07, 6.45) is 4.90. The number of benzene rings is 3. The van der Waals surface area contributed by atoms with Crippen molar-refractivity contribution < 1.29 is 14.7 Å². The Hall–Kier alpha value is -4.17. The monoisotopic (exact) mass is 640 g/mol. The van der Waals surface area contributed by atoms with E-state index in [1.165, 1.54) is 65.8 Å². The lowest BCUT2D eigenvalue weighted by Gasteiger charge is -2.28. The topological polar surface area (TPSA) is 77.0 Å². The summed E-state index contributed by atoms with van der Waals surface area (Å²) in [5, 5.41) is 12.0. The van der Waals surface area contributed by atoms with Crippen LogP contribution < -0.4 is 9.80 Å². The van der Waals surface area contributed by atoms with E-state index in [0.717, 1.165) is 29.4 Å². The Balaban J connectivity index is 1.47. The summed E-state index contributed by atoms with van der Waals surface area (Å²) in [6, 6.07) is 26.7. The van der Waals surface area contributed by atoms with Gasteiger partial charge in [0.25, 0.3) is 0 Å². The van der Waals surface area contributed by atoms with Gasteiger partial charge in [0.2, 0.25) is 0 Å². The number of aliphatic carboxylic acids is 1. The molecule has 0 fully saturated rings. The minimum absolute atomic E-state index is 0.246. The molecule has 0 radical (unpaired) electrons. The average molecular weight is 641 g/mol. The number of likely N-dealkylation sites (N-methyl/N-ethyl adjacent to an activating group) is 1. The predicted molar refractivity (Wildman–Crippen MR) is 191 cm³/mol. The van der Waals surface area contributed by atoms with Crippen molar-refractivity contribution in [2.24, 2.45) is 5.92 Å². The number of rotatable bonds is 16. The number of carbonyl (C=O) groups excluding carboxylic acids is 1. The Morgan fingerprint density at radius 3 is 2.09 bits per heavy atom. The summed E-state index contributed by atoms with van der Waals surface area (Å²) in [7, 11) is 1.50. The molecule has 0 bridgehead atoms. The molecule has 0 aliphatic heterocycles. The molecule has 244 valence electrons. The van der Waals surface area contributed by atoms with Crippen LogP contribution in [0.15, 0.2) is 84.2 Å². The highest BCUT2D eigenvalue weighted by Crippen LogP contribution is 2.30. The van der Waals surface area contributed by atoms with Gasteiger partial charge in [-0.25, -0.2) is 9.78 Å². The Labute approximate surface area is 278 Å². The van der Waals surface area contributed by atoms with Crippen molar-refractivity contribution in [1.29, 1.82) is 0 Å². The third kappa shape index (κ3) is 9.66. The fourth-order valence-corrected chi connectivity index (χ4v) is 6.63. The molecule has 46 heavy (non-hydrogen) atoms. The lowest BCUT2D eigenvalue weighted by Crippen LogP contribution is -2.43. The summed E-state index contributed by atoms with van der Waals surface area (Å²) >= 11 is 1.49. The van der Waals surface area contributed by atoms with Gasteiger partial charge in [-0.05, 0) is 60.1 Å². The summed E-state index contributed by atoms with van der Waals surface area (Å²) in [4.78, 5) is 34.6. The largest absolute Gasteiger partial charge is 0.480 e. The zero-order chi connectivity index (χ0) is 33.1. The second kappa shape index (κ2) is 16.9. The molecule has 4 aromatic rings. The first-order valence-electron chi connectivity index (χ1n) is 16.4. The van der Waals surface area contributed by atoms with Crippen molar-refractivity contribution in [1.82, 2.24) is 9.88 Å². The Kier molecular flexibility index (Phi) is 12.8.